The van der Waals surface area contributed by atoms with E-state index in [0.29, 0.717) is 22.2 Å². The van der Waals surface area contributed by atoms with Gasteiger partial charge in [0.25, 0.3) is 5.91 Å². The Labute approximate surface area is 156 Å². The predicted octanol–water partition coefficient (Wildman–Crippen LogP) is 3.84. The van der Waals surface area contributed by atoms with E-state index >= 15 is 0 Å². The highest BCUT2D eigenvalue weighted by Gasteiger charge is 2.16. The molecular formula is C17H13F3N4O2S. The number of pyridine rings is 1. The van der Waals surface area contributed by atoms with Crippen molar-refractivity contribution in [2.45, 2.75) is 17.7 Å². The SMILES string of the molecule is Cc1cc(CSc2ncccc2C(=O)NNc2ccc(F)c(F)c2F)no1. The van der Waals surface area contributed by atoms with Crippen LogP contribution in [0.2, 0.25) is 0 Å². The van der Waals surface area contributed by atoms with Crippen LogP contribution in [0.3, 0.4) is 0 Å². The molecule has 3 aromatic rings. The highest BCUT2D eigenvalue weighted by atomic mass is 32.2. The molecular weight excluding hydrogens is 381 g/mol. The zero-order chi connectivity index (χ0) is 19.4. The smallest absolute Gasteiger partial charge is 0.272 e. The van der Waals surface area contributed by atoms with Crippen molar-refractivity contribution in [3.05, 3.63) is 71.0 Å². The number of benzene rings is 1. The van der Waals surface area contributed by atoms with Crippen molar-refractivity contribution in [1.82, 2.24) is 15.6 Å². The number of amides is 1. The molecule has 0 aliphatic heterocycles. The van der Waals surface area contributed by atoms with Crippen LogP contribution >= 0.6 is 11.8 Å². The Morgan fingerprint density at radius 1 is 1.22 bits per heavy atom. The lowest BCUT2D eigenvalue weighted by atomic mass is 10.2. The molecule has 0 saturated heterocycles. The van der Waals surface area contributed by atoms with Gasteiger partial charge in [-0.05, 0) is 31.2 Å². The van der Waals surface area contributed by atoms with E-state index in [0.717, 1.165) is 12.1 Å². The summed E-state index contributed by atoms with van der Waals surface area (Å²) in [6.45, 7) is 1.77. The molecule has 0 fully saturated rings. The van der Waals surface area contributed by atoms with E-state index in [1.807, 2.05) is 0 Å². The molecule has 2 heterocycles. The van der Waals surface area contributed by atoms with E-state index in [1.165, 1.54) is 24.0 Å². The quantitative estimate of drug-likeness (QED) is 0.376. The van der Waals surface area contributed by atoms with Gasteiger partial charge in [0, 0.05) is 18.0 Å². The van der Waals surface area contributed by atoms with Crippen molar-refractivity contribution >= 4 is 23.4 Å². The number of nitrogens with zero attached hydrogens (tertiary/aromatic N) is 2. The first-order valence-corrected chi connectivity index (χ1v) is 8.64. The van der Waals surface area contributed by atoms with E-state index in [2.05, 4.69) is 21.0 Å². The number of hydrazine groups is 1. The minimum absolute atomic E-state index is 0.221. The molecule has 0 radical (unpaired) electrons. The Kier molecular flexibility index (Phi) is 5.65. The Bertz CT molecular complexity index is 981. The van der Waals surface area contributed by atoms with Crippen molar-refractivity contribution in [3.63, 3.8) is 0 Å². The van der Waals surface area contributed by atoms with Crippen molar-refractivity contribution in [3.8, 4) is 0 Å². The maximum Gasteiger partial charge on any atom is 0.272 e. The van der Waals surface area contributed by atoms with Crippen LogP contribution in [0.15, 0.2) is 46.1 Å². The van der Waals surface area contributed by atoms with Crippen LogP contribution in [-0.4, -0.2) is 16.0 Å². The molecule has 10 heteroatoms. The normalized spacial score (nSPS) is 10.7. The highest BCUT2D eigenvalue weighted by Crippen LogP contribution is 2.24. The number of aryl methyl sites for hydroxylation is 1. The average Bonchev–Trinajstić information content (AvgIpc) is 3.09. The number of hydrogen-bond acceptors (Lipinski definition) is 6. The summed E-state index contributed by atoms with van der Waals surface area (Å²) in [5, 5.41) is 4.28. The van der Waals surface area contributed by atoms with Crippen molar-refractivity contribution in [1.29, 1.82) is 0 Å². The van der Waals surface area contributed by atoms with Crippen molar-refractivity contribution in [2.75, 3.05) is 5.43 Å². The summed E-state index contributed by atoms with van der Waals surface area (Å²) in [5.74, 6) is -3.90. The molecule has 0 aliphatic carbocycles. The monoisotopic (exact) mass is 394 g/mol. The van der Waals surface area contributed by atoms with Gasteiger partial charge in [0.15, 0.2) is 17.5 Å². The zero-order valence-corrected chi connectivity index (χ0v) is 14.7. The third kappa shape index (κ3) is 4.40. The highest BCUT2D eigenvalue weighted by molar-refractivity contribution is 7.98. The minimum Gasteiger partial charge on any atom is -0.361 e. The van der Waals surface area contributed by atoms with Gasteiger partial charge >= 0.3 is 0 Å². The fourth-order valence-corrected chi connectivity index (χ4v) is 2.99. The third-order valence-electron chi connectivity index (χ3n) is 3.40. The van der Waals surface area contributed by atoms with E-state index < -0.39 is 29.0 Å². The largest absolute Gasteiger partial charge is 0.361 e. The molecule has 0 spiro atoms. The second-order valence-corrected chi connectivity index (χ2v) is 6.34. The molecule has 27 heavy (non-hydrogen) atoms. The van der Waals surface area contributed by atoms with Gasteiger partial charge in [-0.2, -0.15) is 0 Å². The standard InChI is InChI=1S/C17H13F3N4O2S/c1-9-7-10(24-26-9)8-27-17-11(3-2-6-21-17)16(25)23-22-13-5-4-12(18)14(19)15(13)20/h2-7,22H,8H2,1H3,(H,23,25). The molecule has 140 valence electrons. The predicted molar refractivity (Wildman–Crippen MR) is 92.4 cm³/mol. The topological polar surface area (TPSA) is 80.0 Å². The Balaban J connectivity index is 1.69. The van der Waals surface area contributed by atoms with Gasteiger partial charge in [0.1, 0.15) is 10.8 Å². The Morgan fingerprint density at radius 2 is 2.04 bits per heavy atom. The summed E-state index contributed by atoms with van der Waals surface area (Å²) < 4.78 is 44.8. The Morgan fingerprint density at radius 3 is 2.78 bits per heavy atom. The lowest BCUT2D eigenvalue weighted by Crippen LogP contribution is -2.30. The maximum atomic E-state index is 13.6. The number of anilines is 1. The molecule has 3 rings (SSSR count). The van der Waals surface area contributed by atoms with Gasteiger partial charge in [0.2, 0.25) is 0 Å². The molecule has 2 N–H and O–H groups in total. The van der Waals surface area contributed by atoms with Crippen LogP contribution in [0.25, 0.3) is 0 Å². The molecule has 1 aromatic carbocycles. The van der Waals surface area contributed by atoms with Gasteiger partial charge in [-0.1, -0.05) is 16.9 Å². The first-order valence-electron chi connectivity index (χ1n) is 7.65. The van der Waals surface area contributed by atoms with Crippen LogP contribution in [0, 0.1) is 24.4 Å². The number of nitrogens with one attached hydrogen (secondary N) is 2. The number of aromatic nitrogens is 2. The molecule has 0 aliphatic rings. The second-order valence-electron chi connectivity index (χ2n) is 5.38. The van der Waals surface area contributed by atoms with Gasteiger partial charge in [0.05, 0.1) is 16.9 Å². The van der Waals surface area contributed by atoms with Crippen LogP contribution in [0.5, 0.6) is 0 Å². The zero-order valence-electron chi connectivity index (χ0n) is 13.9. The van der Waals surface area contributed by atoms with Gasteiger partial charge in [-0.15, -0.1) is 0 Å². The number of hydrogen-bond donors (Lipinski definition) is 2. The number of halogens is 3. The molecule has 6 nitrogen and oxygen atoms in total. The Hall–Kier alpha value is -3.01. The number of carbonyl (C=O) groups is 1. The lowest BCUT2D eigenvalue weighted by Gasteiger charge is -2.11. The fourth-order valence-electron chi connectivity index (χ4n) is 2.12. The third-order valence-corrected chi connectivity index (χ3v) is 4.43. The van der Waals surface area contributed by atoms with E-state index in [1.54, 1.807) is 19.1 Å². The van der Waals surface area contributed by atoms with Crippen LogP contribution in [-0.2, 0) is 5.75 Å². The fraction of sp³-hybridized carbons (Fsp3) is 0.118. The minimum atomic E-state index is -1.63. The molecule has 0 atom stereocenters. The van der Waals surface area contributed by atoms with E-state index in [-0.39, 0.29) is 5.56 Å². The number of thioether (sulfide) groups is 1. The number of carbonyl (C=O) groups excluding carboxylic acids is 1. The summed E-state index contributed by atoms with van der Waals surface area (Å²) >= 11 is 1.27. The molecule has 2 aromatic heterocycles. The summed E-state index contributed by atoms with van der Waals surface area (Å²) in [5.41, 5.74) is 4.99. The maximum absolute atomic E-state index is 13.6. The van der Waals surface area contributed by atoms with E-state index in [4.69, 9.17) is 4.52 Å². The molecule has 0 saturated carbocycles. The molecule has 0 unspecified atom stereocenters. The van der Waals surface area contributed by atoms with Crippen molar-refractivity contribution in [2.24, 2.45) is 0 Å². The summed E-state index contributed by atoms with van der Waals surface area (Å²) in [6, 6.07) is 6.58. The summed E-state index contributed by atoms with van der Waals surface area (Å²) in [4.78, 5) is 16.5. The van der Waals surface area contributed by atoms with Crippen LogP contribution in [0.4, 0.5) is 18.9 Å². The molecule has 1 amide bonds. The van der Waals surface area contributed by atoms with Gasteiger partial charge < -0.3 is 4.52 Å². The van der Waals surface area contributed by atoms with Gasteiger partial charge in [-0.3, -0.25) is 15.6 Å². The molecule has 0 bridgehead atoms. The van der Waals surface area contributed by atoms with Crippen LogP contribution < -0.4 is 10.9 Å². The lowest BCUT2D eigenvalue weighted by molar-refractivity contribution is 0.0959. The second kappa shape index (κ2) is 8.12. The first-order chi connectivity index (χ1) is 13.0. The summed E-state index contributed by atoms with van der Waals surface area (Å²) in [7, 11) is 0. The van der Waals surface area contributed by atoms with Crippen molar-refractivity contribution < 1.29 is 22.5 Å². The van der Waals surface area contributed by atoms with E-state index in [9.17, 15) is 18.0 Å². The number of rotatable bonds is 6. The van der Waals surface area contributed by atoms with Crippen LogP contribution in [0.1, 0.15) is 21.8 Å². The summed E-state index contributed by atoms with van der Waals surface area (Å²) in [6.07, 6.45) is 1.52. The van der Waals surface area contributed by atoms with Gasteiger partial charge in [-0.25, -0.2) is 18.2 Å². The first kappa shape index (κ1) is 18.8. The average molecular weight is 394 g/mol.